The molecule has 0 heterocycles. The minimum atomic E-state index is -2.42. The first kappa shape index (κ1) is 7.91. The lowest BCUT2D eigenvalue weighted by Gasteiger charge is -1.97. The van der Waals surface area contributed by atoms with Crippen LogP contribution in [0, 0.1) is 12.8 Å². The molecule has 8 heavy (non-hydrogen) atoms. The molecule has 0 saturated heterocycles. The van der Waals surface area contributed by atoms with Gasteiger partial charge in [-0.25, -0.2) is 13.1 Å². The zero-order valence-corrected chi connectivity index (χ0v) is 5.65. The summed E-state index contributed by atoms with van der Waals surface area (Å²) in [7, 11) is -2.42. The van der Waals surface area contributed by atoms with E-state index in [9.17, 15) is 8.42 Å². The fraction of sp³-hybridized carbons (Fsp3) is 0.750. The monoisotopic (exact) mass is 136 g/mol. The van der Waals surface area contributed by atoms with Gasteiger partial charge in [0.2, 0.25) is 10.9 Å². The largest absolute Gasteiger partial charge is 0.217 e. The van der Waals surface area contributed by atoms with Crippen LogP contribution >= 0.6 is 0 Å². The highest BCUT2D eigenvalue weighted by molar-refractivity contribution is 7.70. The van der Waals surface area contributed by atoms with Gasteiger partial charge in [-0.15, -0.1) is 0 Å². The first-order valence-electron chi connectivity index (χ1n) is 2.34. The standard InChI is InChI=1S/C4H10NO2S/c1-4(2)3-5-8(6)7/h4,8H,1,3H2,2H3,(H,5,6,7). The van der Waals surface area contributed by atoms with E-state index in [2.05, 4.69) is 11.6 Å². The first-order valence-corrected chi connectivity index (χ1v) is 3.51. The summed E-state index contributed by atoms with van der Waals surface area (Å²) >= 11 is 0. The molecule has 1 N–H and O–H groups in total. The van der Waals surface area contributed by atoms with Gasteiger partial charge in [0.15, 0.2) is 0 Å². The third kappa shape index (κ3) is 5.91. The molecule has 0 bridgehead atoms. The Morgan fingerprint density at radius 3 is 2.38 bits per heavy atom. The SMILES string of the molecule is [CH2]C(C)CN[SH](=O)=O. The molecule has 49 valence electrons. The van der Waals surface area contributed by atoms with Crippen molar-refractivity contribution in [3.63, 3.8) is 0 Å². The molecule has 0 fully saturated rings. The van der Waals surface area contributed by atoms with Crippen LogP contribution in [0.4, 0.5) is 0 Å². The average molecular weight is 136 g/mol. The third-order valence-corrected chi connectivity index (χ3v) is 1.01. The summed E-state index contributed by atoms with van der Waals surface area (Å²) in [4.78, 5) is 0. The smallest absolute Gasteiger partial charge is 0.201 e. The van der Waals surface area contributed by atoms with E-state index in [0.29, 0.717) is 6.54 Å². The Balaban J connectivity index is 3.18. The predicted octanol–water partition coefficient (Wildman–Crippen LogP) is -0.427. The van der Waals surface area contributed by atoms with E-state index in [1.807, 2.05) is 6.92 Å². The summed E-state index contributed by atoms with van der Waals surface area (Å²) in [5.74, 6) is 0.142. The lowest BCUT2D eigenvalue weighted by Crippen LogP contribution is -2.17. The Kier molecular flexibility index (Phi) is 3.81. The Bertz CT molecular complexity index is 111. The van der Waals surface area contributed by atoms with Gasteiger partial charge in [0.05, 0.1) is 0 Å². The molecule has 0 aromatic carbocycles. The van der Waals surface area contributed by atoms with E-state index in [1.54, 1.807) is 0 Å². The Labute approximate surface area is 51.2 Å². The number of thiol groups is 1. The summed E-state index contributed by atoms with van der Waals surface area (Å²) in [6, 6.07) is 0. The van der Waals surface area contributed by atoms with Crippen LogP contribution in [0.3, 0.4) is 0 Å². The number of hydrogen-bond acceptors (Lipinski definition) is 2. The highest BCUT2D eigenvalue weighted by Gasteiger charge is 1.90. The molecule has 0 saturated carbocycles. The van der Waals surface area contributed by atoms with Crippen molar-refractivity contribution in [2.24, 2.45) is 5.92 Å². The van der Waals surface area contributed by atoms with E-state index in [1.165, 1.54) is 0 Å². The molecular formula is C4H10NO2S. The molecule has 1 radical (unpaired) electrons. The van der Waals surface area contributed by atoms with Crippen LogP contribution in [0.2, 0.25) is 0 Å². The van der Waals surface area contributed by atoms with E-state index < -0.39 is 10.9 Å². The van der Waals surface area contributed by atoms with Crippen molar-refractivity contribution in [3.8, 4) is 0 Å². The predicted molar refractivity (Wildman–Crippen MR) is 32.8 cm³/mol. The molecule has 0 aliphatic rings. The van der Waals surface area contributed by atoms with E-state index >= 15 is 0 Å². The van der Waals surface area contributed by atoms with Gasteiger partial charge in [0.1, 0.15) is 0 Å². The van der Waals surface area contributed by atoms with Crippen LogP contribution in [0.25, 0.3) is 0 Å². The fourth-order valence-corrected chi connectivity index (χ4v) is 0.691. The number of rotatable bonds is 3. The van der Waals surface area contributed by atoms with Gasteiger partial charge in [-0.05, 0) is 12.8 Å². The molecule has 0 aromatic heterocycles. The molecule has 0 spiro atoms. The van der Waals surface area contributed by atoms with Gasteiger partial charge < -0.3 is 0 Å². The average Bonchev–Trinajstić information content (AvgIpc) is 1.61. The Morgan fingerprint density at radius 1 is 1.75 bits per heavy atom. The molecule has 0 aromatic rings. The van der Waals surface area contributed by atoms with Crippen LogP contribution in [0.1, 0.15) is 6.92 Å². The van der Waals surface area contributed by atoms with Gasteiger partial charge >= 0.3 is 0 Å². The lowest BCUT2D eigenvalue weighted by molar-refractivity contribution is 0.590. The van der Waals surface area contributed by atoms with Crippen LogP contribution < -0.4 is 4.72 Å². The van der Waals surface area contributed by atoms with Gasteiger partial charge in [0, 0.05) is 6.54 Å². The highest BCUT2D eigenvalue weighted by atomic mass is 32.2. The third-order valence-electron chi connectivity index (χ3n) is 0.569. The highest BCUT2D eigenvalue weighted by Crippen LogP contribution is 1.84. The van der Waals surface area contributed by atoms with E-state index in [0.717, 1.165) is 0 Å². The van der Waals surface area contributed by atoms with Gasteiger partial charge in [-0.2, -0.15) is 0 Å². The lowest BCUT2D eigenvalue weighted by atomic mass is 10.2. The quantitative estimate of drug-likeness (QED) is 0.517. The molecule has 0 amide bonds. The van der Waals surface area contributed by atoms with Gasteiger partial charge in [0.25, 0.3) is 0 Å². The molecular weight excluding hydrogens is 126 g/mol. The molecule has 0 aliphatic carbocycles. The summed E-state index contributed by atoms with van der Waals surface area (Å²) in [6.07, 6.45) is 0. The second-order valence-corrected chi connectivity index (χ2v) is 2.55. The number of hydrogen-bond donors (Lipinski definition) is 2. The molecule has 0 rings (SSSR count). The van der Waals surface area contributed by atoms with Crippen LogP contribution in [-0.2, 0) is 10.9 Å². The number of nitrogens with one attached hydrogen (secondary N) is 1. The van der Waals surface area contributed by atoms with Crippen molar-refractivity contribution < 1.29 is 8.42 Å². The summed E-state index contributed by atoms with van der Waals surface area (Å²) in [5, 5.41) is 0. The van der Waals surface area contributed by atoms with Gasteiger partial charge in [-0.1, -0.05) is 6.92 Å². The summed E-state index contributed by atoms with van der Waals surface area (Å²) < 4.78 is 21.8. The van der Waals surface area contributed by atoms with Crippen LogP contribution in [0.5, 0.6) is 0 Å². The Hall–Kier alpha value is -0.0900. The zero-order valence-electron chi connectivity index (χ0n) is 4.76. The van der Waals surface area contributed by atoms with Crippen molar-refractivity contribution in [3.05, 3.63) is 6.92 Å². The van der Waals surface area contributed by atoms with Gasteiger partial charge in [-0.3, -0.25) is 0 Å². The molecule has 3 nitrogen and oxygen atoms in total. The minimum absolute atomic E-state index is 0.142. The summed E-state index contributed by atoms with van der Waals surface area (Å²) in [5.41, 5.74) is 0. The van der Waals surface area contributed by atoms with Crippen molar-refractivity contribution in [2.75, 3.05) is 6.54 Å². The second-order valence-electron chi connectivity index (χ2n) is 1.72. The molecule has 1 unspecified atom stereocenters. The first-order chi connectivity index (χ1) is 3.63. The normalized spacial score (nSPS) is 11.0. The molecule has 4 heteroatoms. The second kappa shape index (κ2) is 3.86. The maximum Gasteiger partial charge on any atom is 0.201 e. The van der Waals surface area contributed by atoms with Crippen LogP contribution in [-0.4, -0.2) is 15.0 Å². The van der Waals surface area contributed by atoms with Crippen molar-refractivity contribution in [1.29, 1.82) is 0 Å². The topological polar surface area (TPSA) is 46.2 Å². The van der Waals surface area contributed by atoms with E-state index in [-0.39, 0.29) is 5.92 Å². The zero-order chi connectivity index (χ0) is 6.57. The van der Waals surface area contributed by atoms with Crippen molar-refractivity contribution in [1.82, 2.24) is 4.72 Å². The fourth-order valence-electron chi connectivity index (χ4n) is 0.230. The minimum Gasteiger partial charge on any atom is -0.217 e. The maximum atomic E-state index is 9.80. The van der Waals surface area contributed by atoms with Crippen LogP contribution in [0.15, 0.2) is 0 Å². The maximum absolute atomic E-state index is 9.80. The van der Waals surface area contributed by atoms with Crippen molar-refractivity contribution in [2.45, 2.75) is 6.92 Å². The van der Waals surface area contributed by atoms with E-state index in [4.69, 9.17) is 0 Å². The Morgan fingerprint density at radius 2 is 2.25 bits per heavy atom. The van der Waals surface area contributed by atoms with Crippen molar-refractivity contribution >= 4 is 10.9 Å². The summed E-state index contributed by atoms with van der Waals surface area (Å²) in [6.45, 7) is 5.85. The molecule has 1 atom stereocenters. The molecule has 0 aliphatic heterocycles.